The van der Waals surface area contributed by atoms with E-state index >= 15 is 0 Å². The molecule has 0 unspecified atom stereocenters. The Balaban J connectivity index is 2.16. The van der Waals surface area contributed by atoms with E-state index in [0.29, 0.717) is 24.2 Å². The molecule has 4 nitrogen and oxygen atoms in total. The Labute approximate surface area is 124 Å². The summed E-state index contributed by atoms with van der Waals surface area (Å²) in [6.45, 7) is 4.96. The molecule has 0 aliphatic carbocycles. The van der Waals surface area contributed by atoms with Crippen LogP contribution in [0.3, 0.4) is 0 Å². The Morgan fingerprint density at radius 2 is 1.95 bits per heavy atom. The summed E-state index contributed by atoms with van der Waals surface area (Å²) in [7, 11) is 0. The van der Waals surface area contributed by atoms with Crippen molar-refractivity contribution >= 4 is 5.91 Å². The molecule has 1 amide bonds. The van der Waals surface area contributed by atoms with Gasteiger partial charge >= 0.3 is 0 Å². The molecule has 106 valence electrons. The number of benzene rings is 1. The third-order valence-electron chi connectivity index (χ3n) is 3.23. The summed E-state index contributed by atoms with van der Waals surface area (Å²) in [5.74, 6) is -0.0507. The van der Waals surface area contributed by atoms with Crippen LogP contribution in [0.25, 0.3) is 0 Å². The zero-order valence-corrected chi connectivity index (χ0v) is 12.2. The van der Waals surface area contributed by atoms with Gasteiger partial charge in [-0.15, -0.1) is 0 Å². The van der Waals surface area contributed by atoms with Crippen molar-refractivity contribution in [1.29, 1.82) is 5.26 Å². The lowest BCUT2D eigenvalue weighted by Gasteiger charge is -2.20. The van der Waals surface area contributed by atoms with Crippen LogP contribution in [0.4, 0.5) is 0 Å². The Kier molecular flexibility index (Phi) is 4.68. The van der Waals surface area contributed by atoms with Crippen molar-refractivity contribution in [2.45, 2.75) is 20.4 Å². The Bertz CT molecular complexity index is 671. The van der Waals surface area contributed by atoms with Gasteiger partial charge < -0.3 is 4.90 Å². The number of aryl methyl sites for hydroxylation is 1. The lowest BCUT2D eigenvalue weighted by Crippen LogP contribution is -2.30. The molecule has 4 heteroatoms. The lowest BCUT2D eigenvalue weighted by molar-refractivity contribution is 0.0750. The average Bonchev–Trinajstić information content (AvgIpc) is 2.52. The van der Waals surface area contributed by atoms with Gasteiger partial charge in [0.2, 0.25) is 0 Å². The second-order valence-corrected chi connectivity index (χ2v) is 4.78. The van der Waals surface area contributed by atoms with Crippen molar-refractivity contribution in [3.05, 3.63) is 65.0 Å². The predicted octanol–water partition coefficient (Wildman–Crippen LogP) is 2.92. The number of amides is 1. The van der Waals surface area contributed by atoms with E-state index in [-0.39, 0.29) is 5.91 Å². The Hall–Kier alpha value is -2.67. The number of carbonyl (C=O) groups excluding carboxylic acids is 1. The third kappa shape index (κ3) is 3.67. The van der Waals surface area contributed by atoms with Crippen LogP contribution in [-0.2, 0) is 6.54 Å². The third-order valence-corrected chi connectivity index (χ3v) is 3.23. The summed E-state index contributed by atoms with van der Waals surface area (Å²) in [4.78, 5) is 18.6. The van der Waals surface area contributed by atoms with E-state index < -0.39 is 0 Å². The number of nitriles is 1. The van der Waals surface area contributed by atoms with Gasteiger partial charge in [0.1, 0.15) is 0 Å². The minimum Gasteiger partial charge on any atom is -0.333 e. The fourth-order valence-corrected chi connectivity index (χ4v) is 2.08. The van der Waals surface area contributed by atoms with Crippen molar-refractivity contribution in [2.24, 2.45) is 0 Å². The van der Waals surface area contributed by atoms with Gasteiger partial charge in [-0.1, -0.05) is 6.07 Å². The van der Waals surface area contributed by atoms with Crippen molar-refractivity contribution in [3.63, 3.8) is 0 Å². The molecule has 1 aromatic carbocycles. The summed E-state index contributed by atoms with van der Waals surface area (Å²) < 4.78 is 0. The number of hydrogen-bond acceptors (Lipinski definition) is 3. The first-order chi connectivity index (χ1) is 10.1. The second-order valence-electron chi connectivity index (χ2n) is 4.78. The van der Waals surface area contributed by atoms with Crippen LogP contribution in [0.2, 0.25) is 0 Å². The topological polar surface area (TPSA) is 57.0 Å². The molecule has 1 heterocycles. The molecular formula is C17H17N3O. The molecule has 0 spiro atoms. The highest BCUT2D eigenvalue weighted by atomic mass is 16.2. The summed E-state index contributed by atoms with van der Waals surface area (Å²) in [5, 5.41) is 8.79. The maximum Gasteiger partial charge on any atom is 0.254 e. The number of pyridine rings is 1. The highest BCUT2D eigenvalue weighted by molar-refractivity contribution is 5.94. The van der Waals surface area contributed by atoms with Crippen molar-refractivity contribution < 1.29 is 4.79 Å². The molecule has 0 atom stereocenters. The molecule has 0 radical (unpaired) electrons. The maximum absolute atomic E-state index is 12.5. The number of rotatable bonds is 4. The largest absolute Gasteiger partial charge is 0.333 e. The fraction of sp³-hybridized carbons (Fsp3) is 0.235. The van der Waals surface area contributed by atoms with Gasteiger partial charge in [0.15, 0.2) is 0 Å². The molecule has 0 N–H and O–H groups in total. The SMILES string of the molecule is CCN(Cc1cccc(C)n1)C(=O)c1ccc(C#N)cc1. The molecule has 21 heavy (non-hydrogen) atoms. The summed E-state index contributed by atoms with van der Waals surface area (Å²) >= 11 is 0. The summed E-state index contributed by atoms with van der Waals surface area (Å²) in [6, 6.07) is 14.5. The van der Waals surface area contributed by atoms with Gasteiger partial charge in [-0.3, -0.25) is 9.78 Å². The van der Waals surface area contributed by atoms with Gasteiger partial charge in [-0.2, -0.15) is 5.26 Å². The molecular weight excluding hydrogens is 262 g/mol. The first-order valence-corrected chi connectivity index (χ1v) is 6.86. The van der Waals surface area contributed by atoms with Gasteiger partial charge in [0.25, 0.3) is 5.91 Å². The number of hydrogen-bond donors (Lipinski definition) is 0. The summed E-state index contributed by atoms with van der Waals surface area (Å²) in [6.07, 6.45) is 0. The van der Waals surface area contributed by atoms with Crippen LogP contribution in [0.5, 0.6) is 0 Å². The number of carbonyl (C=O) groups is 1. The minimum absolute atomic E-state index is 0.0507. The average molecular weight is 279 g/mol. The molecule has 0 aliphatic heterocycles. The highest BCUT2D eigenvalue weighted by Crippen LogP contribution is 2.10. The molecule has 0 saturated heterocycles. The Morgan fingerprint density at radius 3 is 2.52 bits per heavy atom. The van der Waals surface area contributed by atoms with Gasteiger partial charge in [0, 0.05) is 17.8 Å². The molecule has 2 rings (SSSR count). The van der Waals surface area contributed by atoms with E-state index in [9.17, 15) is 4.79 Å². The van der Waals surface area contributed by atoms with Gasteiger partial charge in [0.05, 0.1) is 23.9 Å². The first-order valence-electron chi connectivity index (χ1n) is 6.86. The quantitative estimate of drug-likeness (QED) is 0.864. The van der Waals surface area contributed by atoms with E-state index in [0.717, 1.165) is 11.4 Å². The van der Waals surface area contributed by atoms with Crippen LogP contribution in [0.15, 0.2) is 42.5 Å². The first kappa shape index (κ1) is 14.7. The van der Waals surface area contributed by atoms with E-state index in [1.165, 1.54) is 0 Å². The number of nitrogens with zero attached hydrogens (tertiary/aromatic N) is 3. The van der Waals surface area contributed by atoms with E-state index in [1.807, 2.05) is 38.1 Å². The normalized spacial score (nSPS) is 9.95. The van der Waals surface area contributed by atoms with Crippen LogP contribution in [0.1, 0.15) is 34.2 Å². The summed E-state index contributed by atoms with van der Waals surface area (Å²) in [5.41, 5.74) is 2.95. The smallest absolute Gasteiger partial charge is 0.254 e. The van der Waals surface area contributed by atoms with Crippen LogP contribution in [0, 0.1) is 18.3 Å². The lowest BCUT2D eigenvalue weighted by atomic mass is 10.1. The van der Waals surface area contributed by atoms with E-state index in [4.69, 9.17) is 5.26 Å². The zero-order chi connectivity index (χ0) is 15.2. The minimum atomic E-state index is -0.0507. The van der Waals surface area contributed by atoms with Crippen LogP contribution >= 0.6 is 0 Å². The molecule has 1 aromatic heterocycles. The number of aromatic nitrogens is 1. The fourth-order valence-electron chi connectivity index (χ4n) is 2.08. The van der Waals surface area contributed by atoms with Crippen LogP contribution in [-0.4, -0.2) is 22.3 Å². The molecule has 0 fully saturated rings. The van der Waals surface area contributed by atoms with Crippen molar-refractivity contribution in [3.8, 4) is 6.07 Å². The van der Waals surface area contributed by atoms with E-state index in [1.54, 1.807) is 29.2 Å². The zero-order valence-electron chi connectivity index (χ0n) is 12.2. The van der Waals surface area contributed by atoms with Crippen LogP contribution < -0.4 is 0 Å². The van der Waals surface area contributed by atoms with Gasteiger partial charge in [-0.25, -0.2) is 0 Å². The maximum atomic E-state index is 12.5. The molecule has 0 bridgehead atoms. The predicted molar refractivity (Wildman–Crippen MR) is 80.5 cm³/mol. The second kappa shape index (κ2) is 6.67. The van der Waals surface area contributed by atoms with E-state index in [2.05, 4.69) is 4.98 Å². The molecule has 0 saturated carbocycles. The Morgan fingerprint density at radius 1 is 1.24 bits per heavy atom. The van der Waals surface area contributed by atoms with Crippen molar-refractivity contribution in [1.82, 2.24) is 9.88 Å². The molecule has 0 aliphatic rings. The molecule has 2 aromatic rings. The van der Waals surface area contributed by atoms with Gasteiger partial charge in [-0.05, 0) is 50.2 Å². The van der Waals surface area contributed by atoms with Crippen molar-refractivity contribution in [2.75, 3.05) is 6.54 Å². The highest BCUT2D eigenvalue weighted by Gasteiger charge is 2.15. The monoisotopic (exact) mass is 279 g/mol. The standard InChI is InChI=1S/C17H17N3O/c1-3-20(12-16-6-4-5-13(2)19-16)17(21)15-9-7-14(11-18)8-10-15/h4-10H,3,12H2,1-2H3.